The summed E-state index contributed by atoms with van der Waals surface area (Å²) < 4.78 is 29.7. The Morgan fingerprint density at radius 2 is 2.19 bits per heavy atom. The summed E-state index contributed by atoms with van der Waals surface area (Å²) in [6.45, 7) is 0.825. The van der Waals surface area contributed by atoms with Crippen LogP contribution in [0.2, 0.25) is 0 Å². The van der Waals surface area contributed by atoms with Gasteiger partial charge in [0.1, 0.15) is 0 Å². The minimum Gasteiger partial charge on any atom is -0.479 e. The molecule has 1 N–H and O–H groups in total. The van der Waals surface area contributed by atoms with Crippen molar-refractivity contribution in [1.29, 1.82) is 0 Å². The van der Waals surface area contributed by atoms with Gasteiger partial charge in [-0.2, -0.15) is 4.31 Å². The maximum atomic E-state index is 11.5. The fourth-order valence-corrected chi connectivity index (χ4v) is 3.70. The molecule has 2 rings (SSSR count). The van der Waals surface area contributed by atoms with E-state index in [0.29, 0.717) is 32.4 Å². The van der Waals surface area contributed by atoms with Crippen molar-refractivity contribution in [3.8, 4) is 0 Å². The van der Waals surface area contributed by atoms with E-state index in [4.69, 9.17) is 9.84 Å². The minimum atomic E-state index is -3.11. The highest BCUT2D eigenvalue weighted by Gasteiger charge is 2.35. The maximum absolute atomic E-state index is 11.5. The molecule has 2 heterocycles. The van der Waals surface area contributed by atoms with Crippen LogP contribution in [0.1, 0.15) is 19.3 Å². The molecule has 2 fully saturated rings. The van der Waals surface area contributed by atoms with Crippen LogP contribution in [0, 0.1) is 0 Å². The summed E-state index contributed by atoms with van der Waals surface area (Å²) in [5.74, 6) is -0.769. The predicted octanol–water partition coefficient (Wildman–Crippen LogP) is -0.346. The van der Waals surface area contributed by atoms with Gasteiger partial charge in [0, 0.05) is 13.1 Å². The molecule has 0 aromatic rings. The highest BCUT2D eigenvalue weighted by atomic mass is 32.2. The van der Waals surface area contributed by atoms with Crippen molar-refractivity contribution in [2.75, 3.05) is 18.8 Å². The predicted molar refractivity (Wildman–Crippen MR) is 55.5 cm³/mol. The number of carboxylic acids is 1. The number of aliphatic carboxylic acids is 1. The molecule has 0 aliphatic carbocycles. The van der Waals surface area contributed by atoms with E-state index in [1.807, 2.05) is 0 Å². The van der Waals surface area contributed by atoms with E-state index in [0.717, 1.165) is 0 Å². The third-order valence-electron chi connectivity index (χ3n) is 2.99. The lowest BCUT2D eigenvalue weighted by Crippen LogP contribution is -2.34. The summed E-state index contributed by atoms with van der Waals surface area (Å²) in [6.07, 6.45) is 0.693. The Morgan fingerprint density at radius 3 is 2.69 bits per heavy atom. The average Bonchev–Trinajstić information content (AvgIpc) is 2.75. The summed E-state index contributed by atoms with van der Waals surface area (Å²) in [5.41, 5.74) is 0. The van der Waals surface area contributed by atoms with Crippen molar-refractivity contribution in [3.63, 3.8) is 0 Å². The molecule has 0 radical (unpaired) electrons. The van der Waals surface area contributed by atoms with Crippen molar-refractivity contribution in [3.05, 3.63) is 0 Å². The maximum Gasteiger partial charge on any atom is 0.332 e. The Morgan fingerprint density at radius 1 is 1.44 bits per heavy atom. The van der Waals surface area contributed by atoms with Gasteiger partial charge in [-0.05, 0) is 19.3 Å². The summed E-state index contributed by atoms with van der Waals surface area (Å²) >= 11 is 0. The molecule has 0 aromatic carbocycles. The smallest absolute Gasteiger partial charge is 0.332 e. The fraction of sp³-hybridized carbons (Fsp3) is 0.889. The van der Waals surface area contributed by atoms with E-state index < -0.39 is 22.1 Å². The molecule has 16 heavy (non-hydrogen) atoms. The molecule has 2 aliphatic rings. The minimum absolute atomic E-state index is 0.197. The van der Waals surface area contributed by atoms with E-state index in [9.17, 15) is 13.2 Å². The number of hydrogen-bond donors (Lipinski definition) is 1. The van der Waals surface area contributed by atoms with Gasteiger partial charge in [0.2, 0.25) is 10.0 Å². The van der Waals surface area contributed by atoms with Crippen LogP contribution in [-0.2, 0) is 19.6 Å². The van der Waals surface area contributed by atoms with Gasteiger partial charge in [-0.15, -0.1) is 0 Å². The van der Waals surface area contributed by atoms with E-state index >= 15 is 0 Å². The van der Waals surface area contributed by atoms with Crippen molar-refractivity contribution in [2.24, 2.45) is 0 Å². The van der Waals surface area contributed by atoms with Crippen LogP contribution in [0.5, 0.6) is 0 Å². The molecule has 0 amide bonds. The Hall–Kier alpha value is -0.660. The van der Waals surface area contributed by atoms with Gasteiger partial charge in [-0.3, -0.25) is 0 Å². The first kappa shape index (κ1) is 11.8. The molecule has 0 spiro atoms. The second-order valence-electron chi connectivity index (χ2n) is 4.19. The Bertz CT molecular complexity index is 379. The normalized spacial score (nSPS) is 34.2. The van der Waals surface area contributed by atoms with Crippen molar-refractivity contribution < 1.29 is 23.1 Å². The number of carboxylic acid groups (broad SMARTS) is 1. The van der Waals surface area contributed by atoms with Crippen molar-refractivity contribution in [2.45, 2.75) is 31.5 Å². The molecular formula is C9H15NO5S. The molecule has 2 aliphatic heterocycles. The number of carbonyl (C=O) groups is 1. The number of sulfonamides is 1. The van der Waals surface area contributed by atoms with E-state index in [2.05, 4.69) is 0 Å². The first-order chi connectivity index (χ1) is 7.49. The molecule has 0 bridgehead atoms. The lowest BCUT2D eigenvalue weighted by atomic mass is 10.2. The topological polar surface area (TPSA) is 83.9 Å². The number of rotatable bonds is 3. The summed E-state index contributed by atoms with van der Waals surface area (Å²) in [6, 6.07) is 0. The lowest BCUT2D eigenvalue weighted by molar-refractivity contribution is -0.149. The average molecular weight is 249 g/mol. The van der Waals surface area contributed by atoms with Crippen molar-refractivity contribution in [1.82, 2.24) is 4.31 Å². The zero-order chi connectivity index (χ0) is 11.8. The molecular weight excluding hydrogens is 234 g/mol. The van der Waals surface area contributed by atoms with Crippen LogP contribution < -0.4 is 0 Å². The quantitative estimate of drug-likeness (QED) is 0.739. The number of ether oxygens (including phenoxy) is 1. The van der Waals surface area contributed by atoms with Gasteiger partial charge >= 0.3 is 5.97 Å². The monoisotopic (exact) mass is 249 g/mol. The SMILES string of the molecule is O=C(O)C1CCC(CN2CCCS2(=O)=O)O1. The van der Waals surface area contributed by atoms with Crippen LogP contribution >= 0.6 is 0 Å². The van der Waals surface area contributed by atoms with Gasteiger partial charge in [-0.1, -0.05) is 0 Å². The molecule has 92 valence electrons. The summed E-state index contributed by atoms with van der Waals surface area (Å²) in [7, 11) is -3.11. The fourth-order valence-electron chi connectivity index (χ4n) is 2.15. The Kier molecular flexibility index (Phi) is 3.18. The zero-order valence-corrected chi connectivity index (χ0v) is 9.65. The molecule has 6 nitrogen and oxygen atoms in total. The third-order valence-corrected chi connectivity index (χ3v) is 4.92. The molecule has 7 heteroatoms. The largest absolute Gasteiger partial charge is 0.479 e. The van der Waals surface area contributed by atoms with Gasteiger partial charge in [0.15, 0.2) is 6.10 Å². The summed E-state index contributed by atoms with van der Waals surface area (Å²) in [5, 5.41) is 8.74. The molecule has 0 saturated carbocycles. The number of nitrogens with zero attached hydrogens (tertiary/aromatic N) is 1. The van der Waals surface area contributed by atoms with Crippen molar-refractivity contribution >= 4 is 16.0 Å². The lowest BCUT2D eigenvalue weighted by Gasteiger charge is -2.18. The molecule has 2 saturated heterocycles. The molecule has 2 unspecified atom stereocenters. The zero-order valence-electron chi connectivity index (χ0n) is 8.83. The second-order valence-corrected chi connectivity index (χ2v) is 6.28. The van der Waals surface area contributed by atoms with Crippen LogP contribution in [0.4, 0.5) is 0 Å². The second kappa shape index (κ2) is 4.31. The first-order valence-corrected chi connectivity index (χ1v) is 6.96. The van der Waals surface area contributed by atoms with E-state index in [1.165, 1.54) is 4.31 Å². The van der Waals surface area contributed by atoms with Gasteiger partial charge in [-0.25, -0.2) is 13.2 Å². The van der Waals surface area contributed by atoms with Crippen LogP contribution in [-0.4, -0.2) is 54.8 Å². The van der Waals surface area contributed by atoms with E-state index in [-0.39, 0.29) is 11.9 Å². The van der Waals surface area contributed by atoms with Crippen LogP contribution in [0.25, 0.3) is 0 Å². The third kappa shape index (κ3) is 2.36. The molecule has 0 aromatic heterocycles. The van der Waals surface area contributed by atoms with Gasteiger partial charge < -0.3 is 9.84 Å². The van der Waals surface area contributed by atoms with Crippen LogP contribution in [0.3, 0.4) is 0 Å². The standard InChI is InChI=1S/C9H15NO5S/c11-9(12)8-3-2-7(15-8)6-10-4-1-5-16(10,13)14/h7-8H,1-6H2,(H,11,12). The van der Waals surface area contributed by atoms with Gasteiger partial charge in [0.25, 0.3) is 0 Å². The Balaban J connectivity index is 1.90. The first-order valence-electron chi connectivity index (χ1n) is 5.35. The van der Waals surface area contributed by atoms with Crippen LogP contribution in [0.15, 0.2) is 0 Å². The van der Waals surface area contributed by atoms with E-state index in [1.54, 1.807) is 0 Å². The molecule has 2 atom stereocenters. The highest BCUT2D eigenvalue weighted by Crippen LogP contribution is 2.23. The summed E-state index contributed by atoms with van der Waals surface area (Å²) in [4.78, 5) is 10.7. The van der Waals surface area contributed by atoms with Gasteiger partial charge in [0.05, 0.1) is 11.9 Å². The highest BCUT2D eigenvalue weighted by molar-refractivity contribution is 7.89. The Labute approximate surface area is 94.2 Å². The number of hydrogen-bond acceptors (Lipinski definition) is 4.